The second-order valence-corrected chi connectivity index (χ2v) is 3.78. The minimum absolute atomic E-state index is 0.0978. The molecule has 0 aromatic carbocycles. The first-order valence-corrected chi connectivity index (χ1v) is 4.98. The molecule has 70 valence electrons. The third-order valence-electron chi connectivity index (χ3n) is 2.70. The highest BCUT2D eigenvalue weighted by atomic mass is 16.1. The molecule has 12 heavy (non-hydrogen) atoms. The van der Waals surface area contributed by atoms with Gasteiger partial charge >= 0.3 is 0 Å². The highest BCUT2D eigenvalue weighted by Gasteiger charge is 2.29. The van der Waals surface area contributed by atoms with Crippen molar-refractivity contribution in [2.24, 2.45) is 11.8 Å². The van der Waals surface area contributed by atoms with Gasteiger partial charge in [-0.25, -0.2) is 0 Å². The van der Waals surface area contributed by atoms with Crippen molar-refractivity contribution in [3.05, 3.63) is 0 Å². The molecule has 1 fully saturated rings. The van der Waals surface area contributed by atoms with Crippen LogP contribution in [-0.2, 0) is 4.79 Å². The van der Waals surface area contributed by atoms with E-state index in [1.165, 1.54) is 25.7 Å². The van der Waals surface area contributed by atoms with Gasteiger partial charge in [0.05, 0.1) is 0 Å². The summed E-state index contributed by atoms with van der Waals surface area (Å²) in [4.78, 5) is 10.6. The Morgan fingerprint density at radius 1 is 1.58 bits per heavy atom. The number of nitrogens with one attached hydrogen (secondary N) is 1. The molecule has 0 radical (unpaired) electrons. The monoisotopic (exact) mass is 169 g/mol. The lowest BCUT2D eigenvalue weighted by molar-refractivity contribution is -0.119. The fraction of sp³-hybridized carbons (Fsp3) is 0.900. The molecule has 1 aliphatic rings. The zero-order chi connectivity index (χ0) is 8.97. The molecule has 2 heteroatoms. The number of hydrogen-bond donors (Lipinski definition) is 1. The van der Waals surface area contributed by atoms with E-state index in [9.17, 15) is 4.79 Å². The van der Waals surface area contributed by atoms with Gasteiger partial charge in [-0.05, 0) is 31.1 Å². The molecule has 1 aliphatic carbocycles. The molecule has 1 amide bonds. The smallest absolute Gasteiger partial charge is 0.216 e. The molecule has 1 saturated carbocycles. The van der Waals surface area contributed by atoms with Gasteiger partial charge in [0, 0.05) is 13.5 Å². The first-order chi connectivity index (χ1) is 5.74. The van der Waals surface area contributed by atoms with Crippen molar-refractivity contribution in [3.63, 3.8) is 0 Å². The third kappa shape index (κ3) is 3.24. The van der Waals surface area contributed by atoms with Crippen molar-refractivity contribution >= 4 is 5.91 Å². The molecule has 0 bridgehead atoms. The maximum atomic E-state index is 10.6. The summed E-state index contributed by atoms with van der Waals surface area (Å²) in [7, 11) is 0. The summed E-state index contributed by atoms with van der Waals surface area (Å²) in [6.45, 7) is 4.69. The normalized spacial score (nSPS) is 18.8. The molecule has 1 atom stereocenters. The quantitative estimate of drug-likeness (QED) is 0.669. The van der Waals surface area contributed by atoms with E-state index in [0.29, 0.717) is 0 Å². The Morgan fingerprint density at radius 2 is 2.25 bits per heavy atom. The van der Waals surface area contributed by atoms with Crippen LogP contribution in [0.1, 0.15) is 39.5 Å². The SMILES string of the molecule is CC[C@H](CCNC(C)=O)C1CC1. The third-order valence-corrected chi connectivity index (χ3v) is 2.70. The van der Waals surface area contributed by atoms with Crippen LogP contribution in [0.15, 0.2) is 0 Å². The molecule has 1 rings (SSSR count). The first-order valence-electron chi connectivity index (χ1n) is 4.98. The lowest BCUT2D eigenvalue weighted by Gasteiger charge is -2.13. The predicted octanol–water partition coefficient (Wildman–Crippen LogP) is 1.95. The average Bonchev–Trinajstić information content (AvgIpc) is 2.80. The van der Waals surface area contributed by atoms with E-state index in [2.05, 4.69) is 12.2 Å². The summed E-state index contributed by atoms with van der Waals surface area (Å²) in [5.74, 6) is 1.93. The van der Waals surface area contributed by atoms with E-state index in [1.54, 1.807) is 6.92 Å². The Bertz CT molecular complexity index is 152. The maximum absolute atomic E-state index is 10.6. The lowest BCUT2D eigenvalue weighted by Crippen LogP contribution is -2.23. The minimum Gasteiger partial charge on any atom is -0.356 e. The number of carbonyl (C=O) groups excluding carboxylic acids is 1. The fourth-order valence-corrected chi connectivity index (χ4v) is 1.77. The highest BCUT2D eigenvalue weighted by molar-refractivity contribution is 5.72. The molecule has 0 saturated heterocycles. The zero-order valence-electron chi connectivity index (χ0n) is 8.10. The maximum Gasteiger partial charge on any atom is 0.216 e. The van der Waals surface area contributed by atoms with Crippen molar-refractivity contribution in [1.82, 2.24) is 5.32 Å². The Kier molecular flexibility index (Phi) is 3.57. The van der Waals surface area contributed by atoms with Crippen molar-refractivity contribution in [1.29, 1.82) is 0 Å². The molecular formula is C10H19NO. The lowest BCUT2D eigenvalue weighted by atomic mass is 9.97. The molecule has 0 spiro atoms. The Hall–Kier alpha value is -0.530. The van der Waals surface area contributed by atoms with Gasteiger partial charge in [-0.15, -0.1) is 0 Å². The molecule has 1 N–H and O–H groups in total. The number of carbonyl (C=O) groups is 1. The van der Waals surface area contributed by atoms with Crippen molar-refractivity contribution in [2.45, 2.75) is 39.5 Å². The standard InChI is InChI=1S/C10H19NO/c1-3-9(10-4-5-10)6-7-11-8(2)12/h9-10H,3-7H2,1-2H3,(H,11,12)/t9-/m1/s1. The van der Waals surface area contributed by atoms with Gasteiger partial charge in [0.15, 0.2) is 0 Å². The Labute approximate surface area is 74.7 Å². The Morgan fingerprint density at radius 3 is 2.67 bits per heavy atom. The van der Waals surface area contributed by atoms with Crippen LogP contribution >= 0.6 is 0 Å². The molecule has 0 unspecified atom stereocenters. The van der Waals surface area contributed by atoms with Gasteiger partial charge in [0.2, 0.25) is 5.91 Å². The predicted molar refractivity (Wildman–Crippen MR) is 49.8 cm³/mol. The van der Waals surface area contributed by atoms with Crippen LogP contribution in [0, 0.1) is 11.8 Å². The van der Waals surface area contributed by atoms with Crippen molar-refractivity contribution in [2.75, 3.05) is 6.54 Å². The van der Waals surface area contributed by atoms with Crippen LogP contribution in [0.3, 0.4) is 0 Å². The molecule has 0 heterocycles. The Balaban J connectivity index is 2.06. The zero-order valence-corrected chi connectivity index (χ0v) is 8.10. The van der Waals surface area contributed by atoms with Crippen LogP contribution in [0.4, 0.5) is 0 Å². The summed E-state index contributed by atoms with van der Waals surface area (Å²) in [5, 5.41) is 2.85. The summed E-state index contributed by atoms with van der Waals surface area (Å²) in [6, 6.07) is 0. The minimum atomic E-state index is 0.0978. The van der Waals surface area contributed by atoms with Crippen LogP contribution in [-0.4, -0.2) is 12.5 Å². The molecule has 0 aromatic heterocycles. The van der Waals surface area contributed by atoms with Crippen molar-refractivity contribution < 1.29 is 4.79 Å². The first kappa shape index (κ1) is 9.56. The van der Waals surface area contributed by atoms with Gasteiger partial charge in [-0.3, -0.25) is 4.79 Å². The van der Waals surface area contributed by atoms with Crippen LogP contribution in [0.25, 0.3) is 0 Å². The van der Waals surface area contributed by atoms with Gasteiger partial charge in [-0.1, -0.05) is 13.3 Å². The molecule has 2 nitrogen and oxygen atoms in total. The van der Waals surface area contributed by atoms with E-state index in [-0.39, 0.29) is 5.91 Å². The van der Waals surface area contributed by atoms with Crippen molar-refractivity contribution in [3.8, 4) is 0 Å². The van der Waals surface area contributed by atoms with Gasteiger partial charge in [0.1, 0.15) is 0 Å². The second-order valence-electron chi connectivity index (χ2n) is 3.78. The number of amides is 1. The average molecular weight is 169 g/mol. The largest absolute Gasteiger partial charge is 0.356 e. The summed E-state index contributed by atoms with van der Waals surface area (Å²) in [6.07, 6.45) is 5.27. The molecule has 0 aliphatic heterocycles. The topological polar surface area (TPSA) is 29.1 Å². The summed E-state index contributed by atoms with van der Waals surface area (Å²) in [5.41, 5.74) is 0. The molecule has 0 aromatic rings. The second kappa shape index (κ2) is 4.48. The van der Waals surface area contributed by atoms with E-state index in [4.69, 9.17) is 0 Å². The van der Waals surface area contributed by atoms with E-state index >= 15 is 0 Å². The van der Waals surface area contributed by atoms with E-state index < -0.39 is 0 Å². The fourth-order valence-electron chi connectivity index (χ4n) is 1.77. The van der Waals surface area contributed by atoms with Crippen LogP contribution < -0.4 is 5.32 Å². The van der Waals surface area contributed by atoms with Gasteiger partial charge in [0.25, 0.3) is 0 Å². The summed E-state index contributed by atoms with van der Waals surface area (Å²) >= 11 is 0. The number of rotatable bonds is 5. The molecular weight excluding hydrogens is 150 g/mol. The van der Waals surface area contributed by atoms with Gasteiger partial charge < -0.3 is 5.32 Å². The highest BCUT2D eigenvalue weighted by Crippen LogP contribution is 2.39. The van der Waals surface area contributed by atoms with E-state index in [0.717, 1.165) is 18.4 Å². The van der Waals surface area contributed by atoms with E-state index in [1.807, 2.05) is 0 Å². The van der Waals surface area contributed by atoms with Crippen LogP contribution in [0.5, 0.6) is 0 Å². The summed E-state index contributed by atoms with van der Waals surface area (Å²) < 4.78 is 0. The van der Waals surface area contributed by atoms with Gasteiger partial charge in [-0.2, -0.15) is 0 Å². The number of hydrogen-bond acceptors (Lipinski definition) is 1. The van der Waals surface area contributed by atoms with Crippen LogP contribution in [0.2, 0.25) is 0 Å².